The van der Waals surface area contributed by atoms with Crippen molar-refractivity contribution in [2.75, 3.05) is 20.3 Å². The van der Waals surface area contributed by atoms with Gasteiger partial charge in [0.05, 0.1) is 11.1 Å². The fraction of sp³-hybridized carbons (Fsp3) is 0.533. The van der Waals surface area contributed by atoms with Crippen LogP contribution in [0, 0.1) is 0 Å². The second-order valence-corrected chi connectivity index (χ2v) is 5.80. The average Bonchev–Trinajstić information content (AvgIpc) is 2.93. The maximum atomic E-state index is 12.1. The number of hydrogen-bond acceptors (Lipinski definition) is 3. The molecule has 0 atom stereocenters. The van der Waals surface area contributed by atoms with Gasteiger partial charge in [0.2, 0.25) is 0 Å². The van der Waals surface area contributed by atoms with E-state index in [1.807, 2.05) is 6.07 Å². The van der Waals surface area contributed by atoms with E-state index in [0.717, 1.165) is 23.1 Å². The van der Waals surface area contributed by atoms with Crippen LogP contribution in [-0.2, 0) is 4.74 Å². The van der Waals surface area contributed by atoms with Gasteiger partial charge >= 0.3 is 0 Å². The molecule has 0 aromatic heterocycles. The van der Waals surface area contributed by atoms with Crippen molar-refractivity contribution < 1.29 is 14.3 Å². The van der Waals surface area contributed by atoms with Crippen molar-refractivity contribution in [3.05, 3.63) is 28.2 Å². The van der Waals surface area contributed by atoms with Crippen LogP contribution in [0.2, 0.25) is 0 Å². The second kappa shape index (κ2) is 7.64. The van der Waals surface area contributed by atoms with E-state index in [4.69, 9.17) is 9.47 Å². The molecule has 1 amide bonds. The summed E-state index contributed by atoms with van der Waals surface area (Å²) in [5.74, 6) is 0.709. The highest BCUT2D eigenvalue weighted by Gasteiger charge is 2.18. The lowest BCUT2D eigenvalue weighted by Gasteiger charge is -2.13. The SMILES string of the molecule is COCCOc1ccc(C(=O)NC2CCCC2)cc1Br. The van der Waals surface area contributed by atoms with E-state index in [-0.39, 0.29) is 5.91 Å². The molecule has 4 nitrogen and oxygen atoms in total. The summed E-state index contributed by atoms with van der Waals surface area (Å²) < 4.78 is 11.3. The number of carbonyl (C=O) groups excluding carboxylic acids is 1. The molecule has 0 spiro atoms. The number of hydrogen-bond donors (Lipinski definition) is 1. The first kappa shape index (κ1) is 15.3. The molecule has 1 fully saturated rings. The Hall–Kier alpha value is -1.07. The zero-order valence-corrected chi connectivity index (χ0v) is 13.2. The quantitative estimate of drug-likeness (QED) is 0.808. The van der Waals surface area contributed by atoms with Gasteiger partial charge in [0.15, 0.2) is 0 Å². The first-order valence-electron chi connectivity index (χ1n) is 6.93. The van der Waals surface area contributed by atoms with Gasteiger partial charge in [0, 0.05) is 18.7 Å². The Kier molecular flexibility index (Phi) is 5.86. The molecule has 2 rings (SSSR count). The van der Waals surface area contributed by atoms with Crippen LogP contribution >= 0.6 is 15.9 Å². The standard InChI is InChI=1S/C15H20BrNO3/c1-19-8-9-20-14-7-6-11(10-13(14)16)15(18)17-12-4-2-3-5-12/h6-7,10,12H,2-5,8-9H2,1H3,(H,17,18). The molecule has 110 valence electrons. The van der Waals surface area contributed by atoms with Gasteiger partial charge in [-0.15, -0.1) is 0 Å². The Morgan fingerprint density at radius 3 is 2.75 bits per heavy atom. The molecule has 0 aliphatic heterocycles. The average molecular weight is 342 g/mol. The molecule has 1 aliphatic rings. The van der Waals surface area contributed by atoms with Crippen LogP contribution in [0.5, 0.6) is 5.75 Å². The van der Waals surface area contributed by atoms with E-state index in [1.165, 1.54) is 12.8 Å². The van der Waals surface area contributed by atoms with E-state index >= 15 is 0 Å². The fourth-order valence-electron chi connectivity index (χ4n) is 2.33. The minimum Gasteiger partial charge on any atom is -0.490 e. The van der Waals surface area contributed by atoms with Crippen LogP contribution in [0.3, 0.4) is 0 Å². The minimum absolute atomic E-state index is 0.0129. The van der Waals surface area contributed by atoms with Crippen molar-refractivity contribution in [2.24, 2.45) is 0 Å². The van der Waals surface area contributed by atoms with Crippen molar-refractivity contribution >= 4 is 21.8 Å². The molecule has 1 N–H and O–H groups in total. The third-order valence-electron chi connectivity index (χ3n) is 3.43. The van der Waals surface area contributed by atoms with Gasteiger partial charge < -0.3 is 14.8 Å². The van der Waals surface area contributed by atoms with Crippen LogP contribution in [0.4, 0.5) is 0 Å². The zero-order chi connectivity index (χ0) is 14.4. The summed E-state index contributed by atoms with van der Waals surface area (Å²) >= 11 is 3.43. The molecule has 1 aromatic carbocycles. The van der Waals surface area contributed by atoms with Gasteiger partial charge in [-0.1, -0.05) is 12.8 Å². The topological polar surface area (TPSA) is 47.6 Å². The van der Waals surface area contributed by atoms with Crippen LogP contribution < -0.4 is 10.1 Å². The molecular weight excluding hydrogens is 322 g/mol. The second-order valence-electron chi connectivity index (χ2n) is 4.94. The van der Waals surface area contributed by atoms with Crippen LogP contribution in [0.25, 0.3) is 0 Å². The highest BCUT2D eigenvalue weighted by Crippen LogP contribution is 2.26. The van der Waals surface area contributed by atoms with Crippen molar-refractivity contribution in [1.82, 2.24) is 5.32 Å². The Labute approximate surface area is 128 Å². The van der Waals surface area contributed by atoms with Crippen LogP contribution in [0.1, 0.15) is 36.0 Å². The lowest BCUT2D eigenvalue weighted by atomic mass is 10.1. The largest absolute Gasteiger partial charge is 0.490 e. The summed E-state index contributed by atoms with van der Waals surface area (Å²) in [6, 6.07) is 5.73. The number of rotatable bonds is 6. The van der Waals surface area contributed by atoms with E-state index in [0.29, 0.717) is 24.8 Å². The predicted molar refractivity (Wildman–Crippen MR) is 81.2 cm³/mol. The van der Waals surface area contributed by atoms with Crippen molar-refractivity contribution in [3.8, 4) is 5.75 Å². The third kappa shape index (κ3) is 4.21. The summed E-state index contributed by atoms with van der Waals surface area (Å²) in [6.45, 7) is 1.03. The number of amides is 1. The van der Waals surface area contributed by atoms with Crippen molar-refractivity contribution in [3.63, 3.8) is 0 Å². The fourth-order valence-corrected chi connectivity index (χ4v) is 2.83. The lowest BCUT2D eigenvalue weighted by molar-refractivity contribution is 0.0937. The first-order valence-corrected chi connectivity index (χ1v) is 7.72. The summed E-state index contributed by atoms with van der Waals surface area (Å²) in [6.07, 6.45) is 4.60. The van der Waals surface area contributed by atoms with E-state index in [9.17, 15) is 4.79 Å². The number of methoxy groups -OCH3 is 1. The zero-order valence-electron chi connectivity index (χ0n) is 11.7. The molecule has 0 heterocycles. The van der Waals surface area contributed by atoms with Gasteiger partial charge in [0.25, 0.3) is 5.91 Å². The number of halogens is 1. The molecule has 0 radical (unpaired) electrons. The first-order chi connectivity index (χ1) is 9.70. The number of carbonyl (C=O) groups is 1. The van der Waals surface area contributed by atoms with Gasteiger partial charge in [-0.3, -0.25) is 4.79 Å². The van der Waals surface area contributed by atoms with Gasteiger partial charge in [-0.2, -0.15) is 0 Å². The van der Waals surface area contributed by atoms with Crippen LogP contribution in [0.15, 0.2) is 22.7 Å². The van der Waals surface area contributed by atoms with E-state index in [2.05, 4.69) is 21.2 Å². The summed E-state index contributed by atoms with van der Waals surface area (Å²) in [5, 5.41) is 3.07. The summed E-state index contributed by atoms with van der Waals surface area (Å²) in [5.41, 5.74) is 0.655. The van der Waals surface area contributed by atoms with E-state index < -0.39 is 0 Å². The minimum atomic E-state index is -0.0129. The highest BCUT2D eigenvalue weighted by molar-refractivity contribution is 9.10. The summed E-state index contributed by atoms with van der Waals surface area (Å²) in [4.78, 5) is 12.1. The summed E-state index contributed by atoms with van der Waals surface area (Å²) in [7, 11) is 1.63. The highest BCUT2D eigenvalue weighted by atomic mass is 79.9. The monoisotopic (exact) mass is 341 g/mol. The van der Waals surface area contributed by atoms with Crippen molar-refractivity contribution in [1.29, 1.82) is 0 Å². The number of nitrogens with one attached hydrogen (secondary N) is 1. The Morgan fingerprint density at radius 2 is 2.10 bits per heavy atom. The Balaban J connectivity index is 1.94. The Bertz CT molecular complexity index is 458. The van der Waals surface area contributed by atoms with Gasteiger partial charge in [-0.05, 0) is 47.0 Å². The molecular formula is C15H20BrNO3. The normalized spacial score (nSPS) is 15.3. The van der Waals surface area contributed by atoms with Gasteiger partial charge in [-0.25, -0.2) is 0 Å². The molecule has 0 bridgehead atoms. The van der Waals surface area contributed by atoms with E-state index in [1.54, 1.807) is 19.2 Å². The lowest BCUT2D eigenvalue weighted by Crippen LogP contribution is -2.32. The smallest absolute Gasteiger partial charge is 0.251 e. The molecule has 1 saturated carbocycles. The third-order valence-corrected chi connectivity index (χ3v) is 4.05. The molecule has 5 heteroatoms. The molecule has 0 unspecified atom stereocenters. The molecule has 0 saturated heterocycles. The predicted octanol–water partition coefficient (Wildman–Crippen LogP) is 3.15. The molecule has 1 aliphatic carbocycles. The maximum absolute atomic E-state index is 12.1. The molecule has 20 heavy (non-hydrogen) atoms. The Morgan fingerprint density at radius 1 is 1.35 bits per heavy atom. The molecule has 1 aromatic rings. The maximum Gasteiger partial charge on any atom is 0.251 e. The van der Waals surface area contributed by atoms with Crippen LogP contribution in [-0.4, -0.2) is 32.3 Å². The van der Waals surface area contributed by atoms with Gasteiger partial charge in [0.1, 0.15) is 12.4 Å². The number of ether oxygens (including phenoxy) is 2. The number of benzene rings is 1. The van der Waals surface area contributed by atoms with Crippen molar-refractivity contribution in [2.45, 2.75) is 31.7 Å².